The van der Waals surface area contributed by atoms with Crippen molar-refractivity contribution in [2.75, 3.05) is 21.2 Å². The molecule has 0 aromatic carbocycles. The normalized spacial score (nSPS) is 12.6. The summed E-state index contributed by atoms with van der Waals surface area (Å²) < 4.78 is 7.08. The topological polar surface area (TPSA) is 59.4 Å². The summed E-state index contributed by atoms with van der Waals surface area (Å²) >= 11 is 0. The van der Waals surface area contributed by atoms with Gasteiger partial charge in [0.15, 0.2) is 0 Å². The molecular weight excluding hydrogens is 256 g/mol. The fraction of sp³-hybridized carbons (Fsp3) is 0.714. The van der Waals surface area contributed by atoms with Crippen LogP contribution in [0.3, 0.4) is 0 Å². The van der Waals surface area contributed by atoms with Gasteiger partial charge in [0.1, 0.15) is 0 Å². The highest BCUT2D eigenvalue weighted by molar-refractivity contribution is 5.81. The molecule has 1 atom stereocenters. The Balaban J connectivity index is 2.86. The van der Waals surface area contributed by atoms with Crippen LogP contribution in [-0.4, -0.2) is 47.8 Å². The number of likely N-dealkylation sites (N-methyl/N-ethyl adjacent to an activating group) is 1. The Hall–Kier alpha value is -1.56. The summed E-state index contributed by atoms with van der Waals surface area (Å²) in [6.45, 7) is 6.57. The van der Waals surface area contributed by atoms with Crippen molar-refractivity contribution in [3.05, 3.63) is 11.3 Å². The molecule has 1 rings (SSSR count). The summed E-state index contributed by atoms with van der Waals surface area (Å²) in [6.07, 6.45) is 0. The molecule has 0 bridgehead atoms. The van der Waals surface area contributed by atoms with E-state index in [0.717, 1.165) is 17.1 Å². The van der Waals surface area contributed by atoms with Gasteiger partial charge in [-0.15, -0.1) is 0 Å². The highest BCUT2D eigenvalue weighted by Crippen LogP contribution is 2.21. The average molecular weight is 282 g/mol. The number of hydrogen-bond acceptors (Lipinski definition) is 4. The van der Waals surface area contributed by atoms with Crippen LogP contribution in [0.25, 0.3) is 0 Å². The van der Waals surface area contributed by atoms with E-state index >= 15 is 0 Å². The Morgan fingerprint density at radius 1 is 1.45 bits per heavy atom. The lowest BCUT2D eigenvalue weighted by Crippen LogP contribution is -2.46. The lowest BCUT2D eigenvalue weighted by atomic mass is 10.0. The first-order valence-corrected chi connectivity index (χ1v) is 6.80. The minimum Gasteiger partial charge on any atom is -0.481 e. The van der Waals surface area contributed by atoms with Gasteiger partial charge in [0.25, 0.3) is 0 Å². The van der Waals surface area contributed by atoms with Crippen LogP contribution >= 0.6 is 0 Å². The minimum absolute atomic E-state index is 0.0838. The highest BCUT2D eigenvalue weighted by Gasteiger charge is 2.24. The van der Waals surface area contributed by atoms with E-state index in [1.807, 2.05) is 27.8 Å². The smallest absolute Gasteiger partial charge is 0.239 e. The van der Waals surface area contributed by atoms with Crippen LogP contribution in [0.5, 0.6) is 5.88 Å². The maximum absolute atomic E-state index is 12.2. The molecule has 0 saturated heterocycles. The molecule has 0 radical (unpaired) electrons. The van der Waals surface area contributed by atoms with Crippen molar-refractivity contribution in [2.45, 2.75) is 33.4 Å². The number of nitrogens with one attached hydrogen (secondary N) is 1. The van der Waals surface area contributed by atoms with Crippen LogP contribution in [0.15, 0.2) is 0 Å². The van der Waals surface area contributed by atoms with Gasteiger partial charge in [-0.05, 0) is 12.8 Å². The van der Waals surface area contributed by atoms with Gasteiger partial charge in [0, 0.05) is 27.7 Å². The van der Waals surface area contributed by atoms with Crippen LogP contribution in [0.1, 0.15) is 25.1 Å². The molecule has 0 aliphatic heterocycles. The SMILES string of the molecule is COc1c(CN[C@H](C(=O)N(C)C)C(C)C)c(C)nn1C. The third-order valence-corrected chi connectivity index (χ3v) is 3.35. The van der Waals surface area contributed by atoms with Crippen molar-refractivity contribution < 1.29 is 9.53 Å². The third kappa shape index (κ3) is 3.50. The lowest BCUT2D eigenvalue weighted by molar-refractivity contribution is -0.132. The van der Waals surface area contributed by atoms with Gasteiger partial charge in [0.05, 0.1) is 24.4 Å². The second-order valence-corrected chi connectivity index (χ2v) is 5.53. The highest BCUT2D eigenvalue weighted by atomic mass is 16.5. The number of carbonyl (C=O) groups is 1. The first-order chi connectivity index (χ1) is 9.29. The summed E-state index contributed by atoms with van der Waals surface area (Å²) in [5.74, 6) is 1.03. The van der Waals surface area contributed by atoms with Gasteiger partial charge in [-0.1, -0.05) is 13.8 Å². The van der Waals surface area contributed by atoms with Crippen molar-refractivity contribution in [1.82, 2.24) is 20.0 Å². The van der Waals surface area contributed by atoms with Gasteiger partial charge >= 0.3 is 0 Å². The molecule has 1 heterocycles. The van der Waals surface area contributed by atoms with Gasteiger partial charge in [0.2, 0.25) is 11.8 Å². The van der Waals surface area contributed by atoms with E-state index in [1.54, 1.807) is 30.8 Å². The van der Waals surface area contributed by atoms with Crippen molar-refractivity contribution >= 4 is 5.91 Å². The number of carbonyl (C=O) groups excluding carboxylic acids is 1. The largest absolute Gasteiger partial charge is 0.481 e. The summed E-state index contributed by atoms with van der Waals surface area (Å²) in [5, 5.41) is 7.66. The molecular formula is C14H26N4O2. The Kier molecular flexibility index (Phi) is 5.56. The van der Waals surface area contributed by atoms with E-state index in [9.17, 15) is 4.79 Å². The van der Waals surface area contributed by atoms with Gasteiger partial charge < -0.3 is 15.0 Å². The number of amides is 1. The van der Waals surface area contributed by atoms with Crippen LogP contribution in [0, 0.1) is 12.8 Å². The molecule has 0 spiro atoms. The molecule has 0 saturated carbocycles. The molecule has 1 amide bonds. The minimum atomic E-state index is -0.214. The van der Waals surface area contributed by atoms with Gasteiger partial charge in [-0.3, -0.25) is 4.79 Å². The lowest BCUT2D eigenvalue weighted by Gasteiger charge is -2.24. The summed E-state index contributed by atoms with van der Waals surface area (Å²) in [6, 6.07) is -0.214. The monoisotopic (exact) mass is 282 g/mol. The average Bonchev–Trinajstić information content (AvgIpc) is 2.62. The van der Waals surface area contributed by atoms with E-state index in [1.165, 1.54) is 0 Å². The summed E-state index contributed by atoms with van der Waals surface area (Å²) in [7, 11) is 7.02. The fourth-order valence-electron chi connectivity index (χ4n) is 2.24. The Morgan fingerprint density at radius 3 is 2.50 bits per heavy atom. The number of aromatic nitrogens is 2. The maximum atomic E-state index is 12.2. The standard InChI is InChI=1S/C14H26N4O2/c1-9(2)12(13(19)17(4)5)15-8-11-10(3)16-18(6)14(11)20-7/h9,12,15H,8H2,1-7H3/t12-/m0/s1. The van der Waals surface area contributed by atoms with Crippen molar-refractivity contribution in [3.8, 4) is 5.88 Å². The Bertz CT molecular complexity index is 466. The molecule has 1 aromatic heterocycles. The molecule has 1 N–H and O–H groups in total. The maximum Gasteiger partial charge on any atom is 0.239 e. The predicted molar refractivity (Wildman–Crippen MR) is 78.7 cm³/mol. The first-order valence-electron chi connectivity index (χ1n) is 6.80. The molecule has 6 heteroatoms. The van der Waals surface area contributed by atoms with E-state index in [-0.39, 0.29) is 17.9 Å². The summed E-state index contributed by atoms with van der Waals surface area (Å²) in [4.78, 5) is 13.8. The molecule has 0 aliphatic carbocycles. The number of hydrogen-bond donors (Lipinski definition) is 1. The predicted octanol–water partition coefficient (Wildman–Crippen LogP) is 0.940. The molecule has 0 fully saturated rings. The number of rotatable bonds is 6. The van der Waals surface area contributed by atoms with E-state index in [0.29, 0.717) is 6.54 Å². The number of ether oxygens (including phenoxy) is 1. The van der Waals surface area contributed by atoms with Crippen LogP contribution in [0.2, 0.25) is 0 Å². The third-order valence-electron chi connectivity index (χ3n) is 3.35. The van der Waals surface area contributed by atoms with Gasteiger partial charge in [-0.25, -0.2) is 4.68 Å². The number of aryl methyl sites for hydroxylation is 2. The van der Waals surface area contributed by atoms with Crippen LogP contribution in [0.4, 0.5) is 0 Å². The number of methoxy groups -OCH3 is 1. The molecule has 114 valence electrons. The second kappa shape index (κ2) is 6.74. The molecule has 1 aromatic rings. The fourth-order valence-corrected chi connectivity index (χ4v) is 2.24. The van der Waals surface area contributed by atoms with E-state index in [2.05, 4.69) is 10.4 Å². The molecule has 20 heavy (non-hydrogen) atoms. The second-order valence-electron chi connectivity index (χ2n) is 5.53. The van der Waals surface area contributed by atoms with Crippen molar-refractivity contribution in [3.63, 3.8) is 0 Å². The number of nitrogens with zero attached hydrogens (tertiary/aromatic N) is 3. The van der Waals surface area contributed by atoms with Crippen LogP contribution < -0.4 is 10.1 Å². The first kappa shape index (κ1) is 16.5. The quantitative estimate of drug-likeness (QED) is 0.843. The van der Waals surface area contributed by atoms with E-state index < -0.39 is 0 Å². The molecule has 6 nitrogen and oxygen atoms in total. The Labute approximate surface area is 121 Å². The van der Waals surface area contributed by atoms with E-state index in [4.69, 9.17) is 4.74 Å². The Morgan fingerprint density at radius 2 is 2.05 bits per heavy atom. The zero-order valence-corrected chi connectivity index (χ0v) is 13.5. The van der Waals surface area contributed by atoms with Gasteiger partial charge in [-0.2, -0.15) is 5.10 Å². The van der Waals surface area contributed by atoms with Crippen LogP contribution in [-0.2, 0) is 18.4 Å². The zero-order chi connectivity index (χ0) is 15.4. The molecule has 0 unspecified atom stereocenters. The molecule has 0 aliphatic rings. The zero-order valence-electron chi connectivity index (χ0n) is 13.5. The summed E-state index contributed by atoms with van der Waals surface area (Å²) in [5.41, 5.74) is 1.91. The van der Waals surface area contributed by atoms with Crippen molar-refractivity contribution in [2.24, 2.45) is 13.0 Å². The van der Waals surface area contributed by atoms with Crippen molar-refractivity contribution in [1.29, 1.82) is 0 Å².